The van der Waals surface area contributed by atoms with E-state index in [9.17, 15) is 27.9 Å². The lowest BCUT2D eigenvalue weighted by molar-refractivity contribution is -0.162. The molecule has 0 radical (unpaired) electrons. The van der Waals surface area contributed by atoms with Crippen LogP contribution >= 0.6 is 0 Å². The van der Waals surface area contributed by atoms with Gasteiger partial charge < -0.3 is 20.2 Å². The van der Waals surface area contributed by atoms with Crippen molar-refractivity contribution in [1.29, 1.82) is 0 Å². The van der Waals surface area contributed by atoms with Gasteiger partial charge in [0.1, 0.15) is 5.41 Å². The van der Waals surface area contributed by atoms with Crippen molar-refractivity contribution in [2.75, 3.05) is 38.1 Å². The summed E-state index contributed by atoms with van der Waals surface area (Å²) in [4.78, 5) is 28.0. The van der Waals surface area contributed by atoms with Gasteiger partial charge in [-0.15, -0.1) is 0 Å². The molecular weight excluding hydrogens is 375 g/mol. The summed E-state index contributed by atoms with van der Waals surface area (Å²) < 4.78 is 39.5. The van der Waals surface area contributed by atoms with Crippen LogP contribution in [0.15, 0.2) is 18.2 Å². The van der Waals surface area contributed by atoms with Gasteiger partial charge in [0.25, 0.3) is 0 Å². The highest BCUT2D eigenvalue weighted by atomic mass is 19.4. The number of carbonyl (C=O) groups excluding carboxylic acids is 1. The van der Waals surface area contributed by atoms with Crippen LogP contribution in [0.25, 0.3) is 0 Å². The SMILES string of the molecule is CN1CCN(c2ccc(C(F)(F)F)cc2CNC(=O)C2(C(=O)O)CCC2)CC1. The molecule has 3 rings (SSSR count). The van der Waals surface area contributed by atoms with Gasteiger partial charge in [0.15, 0.2) is 0 Å². The number of aliphatic carboxylic acids is 1. The molecule has 2 N–H and O–H groups in total. The number of amides is 1. The first kappa shape index (κ1) is 20.4. The van der Waals surface area contributed by atoms with Crippen LogP contribution in [0.1, 0.15) is 30.4 Å². The lowest BCUT2D eigenvalue weighted by Gasteiger charge is -2.37. The maximum atomic E-state index is 13.2. The van der Waals surface area contributed by atoms with E-state index in [1.54, 1.807) is 0 Å². The van der Waals surface area contributed by atoms with Crippen molar-refractivity contribution in [2.45, 2.75) is 32.0 Å². The summed E-state index contributed by atoms with van der Waals surface area (Å²) >= 11 is 0. The molecule has 9 heteroatoms. The first-order chi connectivity index (χ1) is 13.1. The van der Waals surface area contributed by atoms with Gasteiger partial charge in [-0.1, -0.05) is 6.42 Å². The van der Waals surface area contributed by atoms with Gasteiger partial charge in [-0.25, -0.2) is 0 Å². The van der Waals surface area contributed by atoms with Gasteiger partial charge in [0, 0.05) is 38.4 Å². The monoisotopic (exact) mass is 399 g/mol. The molecule has 6 nitrogen and oxygen atoms in total. The van der Waals surface area contributed by atoms with Crippen molar-refractivity contribution in [1.82, 2.24) is 10.2 Å². The van der Waals surface area contributed by atoms with Crippen LogP contribution in [0.2, 0.25) is 0 Å². The Morgan fingerprint density at radius 3 is 2.32 bits per heavy atom. The molecule has 154 valence electrons. The van der Waals surface area contributed by atoms with Crippen molar-refractivity contribution in [3.63, 3.8) is 0 Å². The number of rotatable bonds is 5. The zero-order valence-electron chi connectivity index (χ0n) is 15.7. The predicted molar refractivity (Wildman–Crippen MR) is 96.9 cm³/mol. The standard InChI is InChI=1S/C19H24F3N3O3/c1-24-7-9-25(10-8-24)15-4-3-14(19(20,21)22)11-13(15)12-23-16(26)18(17(27)28)5-2-6-18/h3-4,11H,2,5-10,12H2,1H3,(H,23,26)(H,27,28). The fourth-order valence-electron chi connectivity index (χ4n) is 3.67. The van der Waals surface area contributed by atoms with E-state index in [0.717, 1.165) is 25.2 Å². The zero-order chi connectivity index (χ0) is 20.5. The number of nitrogens with zero attached hydrogens (tertiary/aromatic N) is 2. The first-order valence-electron chi connectivity index (χ1n) is 9.29. The first-order valence-corrected chi connectivity index (χ1v) is 9.29. The normalized spacial score (nSPS) is 19.8. The summed E-state index contributed by atoms with van der Waals surface area (Å²) in [6, 6.07) is 3.53. The second-order valence-electron chi connectivity index (χ2n) is 7.56. The maximum absolute atomic E-state index is 13.2. The Bertz CT molecular complexity index is 755. The van der Waals surface area contributed by atoms with Gasteiger partial charge in [-0.2, -0.15) is 13.2 Å². The average Bonchev–Trinajstić information content (AvgIpc) is 2.58. The number of carbonyl (C=O) groups is 2. The van der Waals surface area contributed by atoms with Gasteiger partial charge in [-0.3, -0.25) is 9.59 Å². The topological polar surface area (TPSA) is 72.9 Å². The fraction of sp³-hybridized carbons (Fsp3) is 0.579. The van der Waals surface area contributed by atoms with Gasteiger partial charge in [-0.05, 0) is 43.7 Å². The van der Waals surface area contributed by atoms with Gasteiger partial charge in [0.2, 0.25) is 5.91 Å². The molecule has 0 aromatic heterocycles. The smallest absolute Gasteiger partial charge is 0.416 e. The number of benzene rings is 1. The number of anilines is 1. The Kier molecular flexibility index (Phi) is 5.56. The molecule has 1 aliphatic carbocycles. The summed E-state index contributed by atoms with van der Waals surface area (Å²) in [5, 5.41) is 11.9. The van der Waals surface area contributed by atoms with Crippen LogP contribution in [-0.2, 0) is 22.3 Å². The molecule has 1 heterocycles. The van der Waals surface area contributed by atoms with Crippen LogP contribution < -0.4 is 10.2 Å². The van der Waals surface area contributed by atoms with E-state index in [1.165, 1.54) is 6.07 Å². The highest BCUT2D eigenvalue weighted by Gasteiger charge is 2.51. The van der Waals surface area contributed by atoms with Crippen molar-refractivity contribution in [3.05, 3.63) is 29.3 Å². The maximum Gasteiger partial charge on any atom is 0.416 e. The minimum atomic E-state index is -4.49. The van der Waals surface area contributed by atoms with E-state index in [2.05, 4.69) is 10.2 Å². The number of halogens is 3. The molecule has 0 bridgehead atoms. The van der Waals surface area contributed by atoms with Gasteiger partial charge >= 0.3 is 12.1 Å². The molecule has 1 amide bonds. The van der Waals surface area contributed by atoms with E-state index in [4.69, 9.17) is 0 Å². The molecule has 0 unspecified atom stereocenters. The Morgan fingerprint density at radius 1 is 1.18 bits per heavy atom. The average molecular weight is 399 g/mol. The molecule has 0 spiro atoms. The summed E-state index contributed by atoms with van der Waals surface area (Å²) in [5.41, 5.74) is -1.26. The van der Waals surface area contributed by atoms with E-state index in [-0.39, 0.29) is 19.4 Å². The van der Waals surface area contributed by atoms with E-state index >= 15 is 0 Å². The fourth-order valence-corrected chi connectivity index (χ4v) is 3.67. The van der Waals surface area contributed by atoms with Crippen molar-refractivity contribution < 1.29 is 27.9 Å². The van der Waals surface area contributed by atoms with Crippen LogP contribution in [0.4, 0.5) is 18.9 Å². The van der Waals surface area contributed by atoms with E-state index in [0.29, 0.717) is 30.8 Å². The largest absolute Gasteiger partial charge is 0.480 e. The van der Waals surface area contributed by atoms with Crippen LogP contribution in [0.5, 0.6) is 0 Å². The number of alkyl halides is 3. The molecule has 1 saturated carbocycles. The molecular formula is C19H24F3N3O3. The Morgan fingerprint density at radius 2 is 1.82 bits per heavy atom. The molecule has 1 aliphatic heterocycles. The third-order valence-electron chi connectivity index (χ3n) is 5.74. The highest BCUT2D eigenvalue weighted by Crippen LogP contribution is 2.41. The number of carboxylic acids is 1. The summed E-state index contributed by atoms with van der Waals surface area (Å²) in [5.74, 6) is -1.81. The van der Waals surface area contributed by atoms with E-state index in [1.807, 2.05) is 11.9 Å². The Hall–Kier alpha value is -2.29. The third-order valence-corrected chi connectivity index (χ3v) is 5.74. The van der Waals surface area contributed by atoms with Crippen molar-refractivity contribution >= 4 is 17.6 Å². The third kappa shape index (κ3) is 3.94. The summed E-state index contributed by atoms with van der Waals surface area (Å²) in [6.45, 7) is 2.77. The molecule has 0 atom stereocenters. The predicted octanol–water partition coefficient (Wildman–Crippen LogP) is 2.33. The van der Waals surface area contributed by atoms with Crippen LogP contribution in [0, 0.1) is 5.41 Å². The summed E-state index contributed by atoms with van der Waals surface area (Å²) in [6.07, 6.45) is -3.34. The number of hydrogen-bond donors (Lipinski definition) is 2. The molecule has 1 aromatic rings. The molecule has 2 aliphatic rings. The number of piperazine rings is 1. The Balaban J connectivity index is 1.82. The number of carboxylic acid groups (broad SMARTS) is 1. The molecule has 28 heavy (non-hydrogen) atoms. The number of hydrogen-bond acceptors (Lipinski definition) is 4. The van der Waals surface area contributed by atoms with Crippen molar-refractivity contribution in [3.8, 4) is 0 Å². The second kappa shape index (κ2) is 7.62. The highest BCUT2D eigenvalue weighted by molar-refractivity contribution is 6.02. The zero-order valence-corrected chi connectivity index (χ0v) is 15.7. The van der Waals surface area contributed by atoms with Gasteiger partial charge in [0.05, 0.1) is 5.56 Å². The second-order valence-corrected chi connectivity index (χ2v) is 7.56. The minimum Gasteiger partial charge on any atom is -0.480 e. The van der Waals surface area contributed by atoms with Crippen LogP contribution in [-0.4, -0.2) is 55.1 Å². The lowest BCUT2D eigenvalue weighted by atomic mass is 9.68. The van der Waals surface area contributed by atoms with Crippen LogP contribution in [0.3, 0.4) is 0 Å². The molecule has 2 fully saturated rings. The quantitative estimate of drug-likeness (QED) is 0.744. The lowest BCUT2D eigenvalue weighted by Crippen LogP contribution is -2.51. The summed E-state index contributed by atoms with van der Waals surface area (Å²) in [7, 11) is 1.98. The number of nitrogens with one attached hydrogen (secondary N) is 1. The van der Waals surface area contributed by atoms with E-state index < -0.39 is 29.0 Å². The minimum absolute atomic E-state index is 0.139. The molecule has 1 aromatic carbocycles. The molecule has 1 saturated heterocycles. The Labute approximate surface area is 161 Å². The van der Waals surface area contributed by atoms with Crippen molar-refractivity contribution in [2.24, 2.45) is 5.41 Å². The number of likely N-dealkylation sites (N-methyl/N-ethyl adjacent to an activating group) is 1.